The molecule has 3 aromatic rings. The monoisotopic (exact) mass is 417 g/mol. The number of anilines is 2. The summed E-state index contributed by atoms with van der Waals surface area (Å²) < 4.78 is 4.91. The third kappa shape index (κ3) is 4.56. The molecule has 3 rings (SSSR count). The van der Waals surface area contributed by atoms with E-state index >= 15 is 0 Å². The maximum atomic E-state index is 12.2. The minimum Gasteiger partial charge on any atom is -0.459 e. The third-order valence-electron chi connectivity index (χ3n) is 3.46. The van der Waals surface area contributed by atoms with Crippen LogP contribution in [0.1, 0.15) is 20.9 Å². The van der Waals surface area contributed by atoms with Crippen molar-refractivity contribution in [2.24, 2.45) is 0 Å². The van der Waals surface area contributed by atoms with Crippen LogP contribution in [0.2, 0.25) is 5.02 Å². The molecule has 2 aromatic heterocycles. The molecule has 2 amide bonds. The number of carbonyl (C=O) groups excluding carboxylic acids is 2. The van der Waals surface area contributed by atoms with E-state index in [-0.39, 0.29) is 28.0 Å². The molecule has 4 N–H and O–H groups in total. The first-order chi connectivity index (χ1) is 14.0. The van der Waals surface area contributed by atoms with Gasteiger partial charge in [0.1, 0.15) is 6.33 Å². The predicted octanol–water partition coefficient (Wildman–Crippen LogP) is 2.14. The fourth-order valence-electron chi connectivity index (χ4n) is 2.15. The summed E-state index contributed by atoms with van der Waals surface area (Å²) in [4.78, 5) is 42.2. The van der Waals surface area contributed by atoms with Crippen molar-refractivity contribution >= 4 is 40.7 Å². The van der Waals surface area contributed by atoms with Crippen LogP contribution in [0.25, 0.3) is 0 Å². The summed E-state index contributed by atoms with van der Waals surface area (Å²) in [6, 6.07) is 9.17. The molecular formula is C16H12ClN7O5. The van der Waals surface area contributed by atoms with Gasteiger partial charge in [-0.2, -0.15) is 0 Å². The molecular weight excluding hydrogens is 406 g/mol. The maximum Gasteiger partial charge on any atom is 0.356 e. The maximum absolute atomic E-state index is 12.2. The normalized spacial score (nSPS) is 10.1. The van der Waals surface area contributed by atoms with Crippen molar-refractivity contribution in [3.8, 4) is 0 Å². The van der Waals surface area contributed by atoms with Gasteiger partial charge in [-0.05, 0) is 24.3 Å². The molecule has 0 aliphatic carbocycles. The Bertz CT molecular complexity index is 1060. The van der Waals surface area contributed by atoms with Gasteiger partial charge in [-0.3, -0.25) is 41.4 Å². The van der Waals surface area contributed by atoms with Gasteiger partial charge in [0, 0.05) is 0 Å². The van der Waals surface area contributed by atoms with Crippen molar-refractivity contribution in [2.45, 2.75) is 0 Å². The number of halogens is 1. The molecule has 12 nitrogen and oxygen atoms in total. The van der Waals surface area contributed by atoms with Crippen molar-refractivity contribution in [3.05, 3.63) is 75.4 Å². The molecule has 0 radical (unpaired) electrons. The van der Waals surface area contributed by atoms with Gasteiger partial charge in [0.15, 0.2) is 5.76 Å². The summed E-state index contributed by atoms with van der Waals surface area (Å²) in [5.41, 5.74) is 8.69. The molecule has 0 unspecified atom stereocenters. The quantitative estimate of drug-likeness (QED) is 0.333. The van der Waals surface area contributed by atoms with Crippen LogP contribution in [0.3, 0.4) is 0 Å². The van der Waals surface area contributed by atoms with Crippen LogP contribution in [-0.4, -0.2) is 26.7 Å². The van der Waals surface area contributed by atoms with Crippen LogP contribution in [0.4, 0.5) is 17.3 Å². The lowest BCUT2D eigenvalue weighted by molar-refractivity contribution is -0.383. The zero-order chi connectivity index (χ0) is 20.8. The highest BCUT2D eigenvalue weighted by atomic mass is 35.5. The highest BCUT2D eigenvalue weighted by molar-refractivity contribution is 6.33. The Kier molecular flexibility index (Phi) is 5.85. The van der Waals surface area contributed by atoms with Crippen LogP contribution in [0.15, 0.2) is 53.4 Å². The first kappa shape index (κ1) is 19.6. The average Bonchev–Trinajstić information content (AvgIpc) is 3.25. The minimum atomic E-state index is -0.786. The lowest BCUT2D eigenvalue weighted by Gasteiger charge is -2.11. The van der Waals surface area contributed by atoms with E-state index in [1.807, 2.05) is 0 Å². The smallest absolute Gasteiger partial charge is 0.356 e. The SMILES string of the molecule is O=C(NNc1ncnc(NNC(=O)c2ccccc2Cl)c1[N+](=O)[O-])c1ccco1. The summed E-state index contributed by atoms with van der Waals surface area (Å²) >= 11 is 5.94. The molecule has 0 atom stereocenters. The van der Waals surface area contributed by atoms with E-state index in [9.17, 15) is 19.7 Å². The number of rotatable bonds is 7. The van der Waals surface area contributed by atoms with Gasteiger partial charge >= 0.3 is 11.6 Å². The Balaban J connectivity index is 1.74. The van der Waals surface area contributed by atoms with Crippen molar-refractivity contribution in [2.75, 3.05) is 10.9 Å². The Morgan fingerprint density at radius 3 is 2.24 bits per heavy atom. The first-order valence-electron chi connectivity index (χ1n) is 7.87. The van der Waals surface area contributed by atoms with E-state index in [2.05, 4.69) is 31.7 Å². The number of aromatic nitrogens is 2. The molecule has 148 valence electrons. The van der Waals surface area contributed by atoms with Crippen LogP contribution < -0.4 is 21.7 Å². The lowest BCUT2D eigenvalue weighted by Crippen LogP contribution is -2.32. The van der Waals surface area contributed by atoms with Crippen LogP contribution in [0, 0.1) is 10.1 Å². The van der Waals surface area contributed by atoms with Gasteiger partial charge < -0.3 is 4.42 Å². The minimum absolute atomic E-state index is 0.0143. The summed E-state index contributed by atoms with van der Waals surface area (Å²) in [6.07, 6.45) is 2.30. The summed E-state index contributed by atoms with van der Waals surface area (Å²) in [6.45, 7) is 0. The van der Waals surface area contributed by atoms with Gasteiger partial charge in [0.2, 0.25) is 11.6 Å². The molecule has 1 aromatic carbocycles. The number of nitro groups is 1. The average molecular weight is 418 g/mol. The Hall–Kier alpha value is -4.19. The number of carbonyl (C=O) groups is 2. The third-order valence-corrected chi connectivity index (χ3v) is 3.79. The van der Waals surface area contributed by atoms with Gasteiger partial charge in [-0.1, -0.05) is 23.7 Å². The van der Waals surface area contributed by atoms with Crippen LogP contribution in [-0.2, 0) is 0 Å². The number of furan rings is 1. The highest BCUT2D eigenvalue weighted by Gasteiger charge is 2.24. The zero-order valence-electron chi connectivity index (χ0n) is 14.4. The second-order valence-corrected chi connectivity index (χ2v) is 5.70. The van der Waals surface area contributed by atoms with E-state index in [0.29, 0.717) is 0 Å². The van der Waals surface area contributed by atoms with Crippen molar-refractivity contribution < 1.29 is 18.9 Å². The van der Waals surface area contributed by atoms with Gasteiger partial charge in [-0.25, -0.2) is 9.97 Å². The number of nitrogens with one attached hydrogen (secondary N) is 4. The number of benzene rings is 1. The molecule has 0 fully saturated rings. The highest BCUT2D eigenvalue weighted by Crippen LogP contribution is 2.28. The van der Waals surface area contributed by atoms with Gasteiger partial charge in [-0.15, -0.1) is 0 Å². The molecule has 29 heavy (non-hydrogen) atoms. The standard InChI is InChI=1S/C16H12ClN7O5/c17-10-5-2-1-4-9(10)15(25)22-20-13-12(24(27)28)14(19-8-18-13)21-23-16(26)11-6-3-7-29-11/h1-8H,(H,22,25)(H,23,26)(H2,18,19,20,21). The van der Waals surface area contributed by atoms with Crippen LogP contribution in [0.5, 0.6) is 0 Å². The molecule has 2 heterocycles. The summed E-state index contributed by atoms with van der Waals surface area (Å²) in [5, 5.41) is 11.7. The predicted molar refractivity (Wildman–Crippen MR) is 101 cm³/mol. The number of amides is 2. The largest absolute Gasteiger partial charge is 0.459 e. The van der Waals surface area contributed by atoms with E-state index in [4.69, 9.17) is 16.0 Å². The first-order valence-corrected chi connectivity index (χ1v) is 8.25. The Labute approximate surface area is 167 Å². The van der Waals surface area contributed by atoms with E-state index in [1.54, 1.807) is 12.1 Å². The fourth-order valence-corrected chi connectivity index (χ4v) is 2.37. The topological polar surface area (TPSA) is 164 Å². The molecule has 0 spiro atoms. The van der Waals surface area contributed by atoms with E-state index < -0.39 is 22.4 Å². The van der Waals surface area contributed by atoms with Crippen molar-refractivity contribution in [1.82, 2.24) is 20.8 Å². The molecule has 0 saturated heterocycles. The summed E-state index contributed by atoms with van der Waals surface area (Å²) in [5.74, 6) is -1.97. The molecule has 0 bridgehead atoms. The van der Waals surface area contributed by atoms with E-state index in [0.717, 1.165) is 6.33 Å². The number of hydrogen-bond acceptors (Lipinski definition) is 9. The number of hydrazine groups is 2. The second kappa shape index (κ2) is 8.67. The van der Waals surface area contributed by atoms with Crippen molar-refractivity contribution in [1.29, 1.82) is 0 Å². The van der Waals surface area contributed by atoms with Gasteiger partial charge in [0.25, 0.3) is 5.91 Å². The number of hydrogen-bond donors (Lipinski definition) is 4. The summed E-state index contributed by atoms with van der Waals surface area (Å²) in [7, 11) is 0. The van der Waals surface area contributed by atoms with Crippen molar-refractivity contribution in [3.63, 3.8) is 0 Å². The zero-order valence-corrected chi connectivity index (χ0v) is 15.1. The molecule has 0 aliphatic heterocycles. The lowest BCUT2D eigenvalue weighted by atomic mass is 10.2. The van der Waals surface area contributed by atoms with E-state index in [1.165, 1.54) is 30.5 Å². The molecule has 13 heteroatoms. The Morgan fingerprint density at radius 2 is 1.66 bits per heavy atom. The Morgan fingerprint density at radius 1 is 1.00 bits per heavy atom. The fraction of sp³-hybridized carbons (Fsp3) is 0. The second-order valence-electron chi connectivity index (χ2n) is 5.29. The number of nitrogens with zero attached hydrogens (tertiary/aromatic N) is 3. The van der Waals surface area contributed by atoms with Crippen LogP contribution >= 0.6 is 11.6 Å². The van der Waals surface area contributed by atoms with Gasteiger partial charge in [0.05, 0.1) is 21.8 Å². The molecule has 0 aliphatic rings. The molecule has 0 saturated carbocycles.